The van der Waals surface area contributed by atoms with Crippen molar-refractivity contribution >= 4 is 8.80 Å². The highest BCUT2D eigenvalue weighted by Crippen LogP contribution is 2.62. The van der Waals surface area contributed by atoms with Crippen LogP contribution in [-0.2, 0) is 13.3 Å². The lowest BCUT2D eigenvalue weighted by Gasteiger charge is -2.44. The van der Waals surface area contributed by atoms with Gasteiger partial charge >= 0.3 is 44.3 Å². The first-order valence-corrected chi connectivity index (χ1v) is 14.5. The van der Waals surface area contributed by atoms with Crippen molar-refractivity contribution in [1.82, 2.24) is 0 Å². The van der Waals surface area contributed by atoms with E-state index in [4.69, 9.17) is 13.3 Å². The highest BCUT2D eigenvalue weighted by Gasteiger charge is 2.93. The van der Waals surface area contributed by atoms with Gasteiger partial charge in [-0.25, -0.2) is 22.0 Å². The van der Waals surface area contributed by atoms with E-state index in [1.807, 2.05) is 0 Å². The topological polar surface area (TPSA) is 27.7 Å². The molecule has 0 aromatic carbocycles. The average molecular weight is 695 g/mol. The van der Waals surface area contributed by atoms with E-state index in [1.54, 1.807) is 0 Å². The van der Waals surface area contributed by atoms with Gasteiger partial charge in [0.25, 0.3) is 6.43 Å². The van der Waals surface area contributed by atoms with Gasteiger partial charge in [0.15, 0.2) is 6.17 Å². The number of alkyl halides is 17. The van der Waals surface area contributed by atoms with Crippen LogP contribution < -0.4 is 0 Å². The van der Waals surface area contributed by atoms with Crippen LogP contribution in [0.25, 0.3) is 0 Å². The molecule has 21 heteroatoms. The maximum atomic E-state index is 15.4. The fraction of sp³-hybridized carbons (Fsp3) is 1.00. The Hall–Kier alpha value is -1.09. The molecule has 0 bridgehead atoms. The zero-order valence-corrected chi connectivity index (χ0v) is 23.8. The van der Waals surface area contributed by atoms with Crippen molar-refractivity contribution in [3.05, 3.63) is 0 Å². The van der Waals surface area contributed by atoms with Crippen molar-refractivity contribution in [3.63, 3.8) is 0 Å². The largest absolute Gasteiger partial charge is 0.543 e. The van der Waals surface area contributed by atoms with E-state index in [1.165, 1.54) is 20.8 Å². The molecular formula is C22H31F17O3Si. The number of hydrogen-bond acceptors (Lipinski definition) is 3. The molecule has 0 spiro atoms. The summed E-state index contributed by atoms with van der Waals surface area (Å²) in [6.07, 6.45) is -15.6. The standard InChI is InChI=1S/C22H31F17O3Si/c1-4-7-10-40-43(41-11-8-5-2,42-12-9-6-3)16(27)18(30,31)20(34,35)22(38,39)21(36,37)19(32,33)17(28,29)14(24)13(23)15(25)26/h13-16H,4-12H2,1-3H3. The molecule has 0 aliphatic rings. The molecule has 0 aromatic heterocycles. The monoisotopic (exact) mass is 694 g/mol. The maximum Gasteiger partial charge on any atom is 0.543 e. The number of unbranched alkanes of at least 4 members (excludes halogenated alkanes) is 3. The Kier molecular flexibility index (Phi) is 15.1. The summed E-state index contributed by atoms with van der Waals surface area (Å²) in [5, 5.41) is 0. The van der Waals surface area contributed by atoms with E-state index in [-0.39, 0.29) is 38.5 Å². The van der Waals surface area contributed by atoms with Crippen LogP contribution in [0.4, 0.5) is 74.6 Å². The SMILES string of the molecule is CCCCO[Si](OCCCC)(OCCCC)C(F)C(F)(F)C(F)(F)C(F)(F)C(F)(F)C(F)(F)C(F)(F)C(F)C(F)C(F)F. The van der Waals surface area contributed by atoms with Gasteiger partial charge in [-0.05, 0) is 19.3 Å². The summed E-state index contributed by atoms with van der Waals surface area (Å²) >= 11 is 0. The van der Waals surface area contributed by atoms with Crippen molar-refractivity contribution in [2.24, 2.45) is 0 Å². The highest BCUT2D eigenvalue weighted by atomic mass is 28.4. The summed E-state index contributed by atoms with van der Waals surface area (Å²) < 4.78 is 252. The minimum atomic E-state index is -8.46. The first-order valence-electron chi connectivity index (χ1n) is 12.7. The third kappa shape index (κ3) is 8.01. The lowest BCUT2D eigenvalue weighted by Crippen LogP contribution is -2.75. The molecular weight excluding hydrogens is 663 g/mol. The summed E-state index contributed by atoms with van der Waals surface area (Å²) in [5.41, 5.74) is 0. The van der Waals surface area contributed by atoms with Crippen LogP contribution in [0, 0.1) is 0 Å². The molecule has 0 heterocycles. The molecule has 0 amide bonds. The second-order valence-corrected chi connectivity index (χ2v) is 11.9. The molecule has 0 N–H and O–H groups in total. The van der Waals surface area contributed by atoms with Crippen molar-refractivity contribution < 1.29 is 87.9 Å². The van der Waals surface area contributed by atoms with E-state index in [2.05, 4.69) is 0 Å². The van der Waals surface area contributed by atoms with Crippen LogP contribution in [-0.4, -0.2) is 88.7 Å². The van der Waals surface area contributed by atoms with Crippen molar-refractivity contribution in [2.75, 3.05) is 19.8 Å². The van der Waals surface area contributed by atoms with E-state index >= 15 is 4.39 Å². The van der Waals surface area contributed by atoms with Gasteiger partial charge in [-0.15, -0.1) is 0 Å². The van der Waals surface area contributed by atoms with Crippen LogP contribution in [0.15, 0.2) is 0 Å². The van der Waals surface area contributed by atoms with Crippen LogP contribution in [0.2, 0.25) is 0 Å². The van der Waals surface area contributed by atoms with E-state index in [9.17, 15) is 70.2 Å². The number of rotatable bonds is 22. The Morgan fingerprint density at radius 2 is 0.791 bits per heavy atom. The van der Waals surface area contributed by atoms with Crippen LogP contribution in [0.5, 0.6) is 0 Å². The molecule has 0 saturated carbocycles. The molecule has 0 saturated heterocycles. The minimum absolute atomic E-state index is 0.133. The summed E-state index contributed by atoms with van der Waals surface area (Å²) in [7, 11) is -6.03. The fourth-order valence-corrected chi connectivity index (χ4v) is 5.72. The molecule has 0 fully saturated rings. The van der Waals surface area contributed by atoms with E-state index < -0.39 is 88.7 Å². The van der Waals surface area contributed by atoms with Crippen molar-refractivity contribution in [1.29, 1.82) is 0 Å². The van der Waals surface area contributed by atoms with Gasteiger partial charge in [-0.1, -0.05) is 40.0 Å². The van der Waals surface area contributed by atoms with Gasteiger partial charge in [0.05, 0.1) is 0 Å². The summed E-state index contributed by atoms with van der Waals surface area (Å²) in [6.45, 7) is 1.99. The Balaban J connectivity index is 6.99. The van der Waals surface area contributed by atoms with Gasteiger partial charge in [0.1, 0.15) is 0 Å². The molecule has 0 radical (unpaired) electrons. The summed E-state index contributed by atoms with van der Waals surface area (Å²) in [4.78, 5) is 0. The van der Waals surface area contributed by atoms with Crippen LogP contribution in [0.1, 0.15) is 59.3 Å². The van der Waals surface area contributed by atoms with Crippen molar-refractivity contribution in [3.8, 4) is 0 Å². The first-order chi connectivity index (χ1) is 19.4. The highest BCUT2D eigenvalue weighted by molar-refractivity contribution is 6.62. The predicted molar refractivity (Wildman–Crippen MR) is 119 cm³/mol. The second kappa shape index (κ2) is 15.5. The molecule has 0 aromatic rings. The average Bonchev–Trinajstić information content (AvgIpc) is 2.91. The Morgan fingerprint density at radius 1 is 0.488 bits per heavy atom. The predicted octanol–water partition coefficient (Wildman–Crippen LogP) is 9.01. The maximum absolute atomic E-state index is 15.4. The quantitative estimate of drug-likeness (QED) is 0.0644. The van der Waals surface area contributed by atoms with Crippen LogP contribution in [0.3, 0.4) is 0 Å². The molecule has 260 valence electrons. The molecule has 43 heavy (non-hydrogen) atoms. The lowest BCUT2D eigenvalue weighted by atomic mass is 9.89. The summed E-state index contributed by atoms with van der Waals surface area (Å²) in [5.74, 6) is -52.9. The van der Waals surface area contributed by atoms with Crippen LogP contribution >= 0.6 is 0 Å². The fourth-order valence-electron chi connectivity index (χ4n) is 3.12. The molecule has 0 aliphatic heterocycles. The summed E-state index contributed by atoms with van der Waals surface area (Å²) in [6, 6.07) is 0. The molecule has 3 unspecified atom stereocenters. The number of halogens is 17. The minimum Gasteiger partial charge on any atom is -0.372 e. The molecule has 3 atom stereocenters. The Labute approximate surface area is 236 Å². The first kappa shape index (κ1) is 41.9. The van der Waals surface area contributed by atoms with Crippen molar-refractivity contribution in [2.45, 2.75) is 119 Å². The van der Waals surface area contributed by atoms with Gasteiger partial charge in [-0.2, -0.15) is 52.7 Å². The Morgan fingerprint density at radius 3 is 1.07 bits per heavy atom. The zero-order chi connectivity index (χ0) is 34.3. The second-order valence-electron chi connectivity index (χ2n) is 9.30. The van der Waals surface area contributed by atoms with E-state index in [0.717, 1.165) is 0 Å². The zero-order valence-electron chi connectivity index (χ0n) is 22.8. The van der Waals surface area contributed by atoms with Gasteiger partial charge in [0, 0.05) is 19.8 Å². The van der Waals surface area contributed by atoms with E-state index in [0.29, 0.717) is 0 Å². The van der Waals surface area contributed by atoms with Gasteiger partial charge in [0.2, 0.25) is 12.0 Å². The smallest absolute Gasteiger partial charge is 0.372 e. The molecule has 0 rings (SSSR count). The molecule has 0 aliphatic carbocycles. The normalized spacial score (nSPS) is 17.0. The number of hydrogen-bond donors (Lipinski definition) is 0. The lowest BCUT2D eigenvalue weighted by molar-refractivity contribution is -0.433. The third-order valence-electron chi connectivity index (χ3n) is 5.92. The third-order valence-corrected chi connectivity index (χ3v) is 8.72. The van der Waals surface area contributed by atoms with Gasteiger partial charge < -0.3 is 13.3 Å². The Bertz CT molecular complexity index is 804. The van der Waals surface area contributed by atoms with Gasteiger partial charge in [-0.3, -0.25) is 0 Å². The molecule has 3 nitrogen and oxygen atoms in total.